The summed E-state index contributed by atoms with van der Waals surface area (Å²) in [5.41, 5.74) is 2.53. The molecule has 2 unspecified atom stereocenters. The zero-order valence-corrected chi connectivity index (χ0v) is 13.2. The van der Waals surface area contributed by atoms with Crippen molar-refractivity contribution in [2.24, 2.45) is 5.41 Å². The van der Waals surface area contributed by atoms with Crippen molar-refractivity contribution in [1.82, 2.24) is 14.5 Å². The average molecular weight is 292 g/mol. The van der Waals surface area contributed by atoms with Crippen LogP contribution in [0.25, 0.3) is 11.0 Å². The lowest BCUT2D eigenvalue weighted by Gasteiger charge is -2.37. The summed E-state index contributed by atoms with van der Waals surface area (Å²) in [6, 6.07) is 2.56. The summed E-state index contributed by atoms with van der Waals surface area (Å²) in [7, 11) is 0. The summed E-state index contributed by atoms with van der Waals surface area (Å²) in [4.78, 5) is 8.89. The van der Waals surface area contributed by atoms with Gasteiger partial charge in [0.1, 0.15) is 11.3 Å². The third-order valence-corrected chi connectivity index (χ3v) is 4.61. The number of aromatic nitrogens is 3. The summed E-state index contributed by atoms with van der Waals surface area (Å²) in [5.74, 6) is 0.984. The van der Waals surface area contributed by atoms with Gasteiger partial charge in [-0.05, 0) is 37.7 Å². The van der Waals surface area contributed by atoms with Gasteiger partial charge in [-0.3, -0.25) is 4.98 Å². The van der Waals surface area contributed by atoms with Gasteiger partial charge in [0.05, 0.1) is 17.1 Å². The molecule has 2 atom stereocenters. The largest absolute Gasteiger partial charge is 0.324 e. The monoisotopic (exact) mass is 291 g/mol. The number of halogens is 1. The van der Waals surface area contributed by atoms with E-state index in [1.165, 1.54) is 31.2 Å². The predicted molar refractivity (Wildman–Crippen MR) is 83.1 cm³/mol. The third kappa shape index (κ3) is 2.44. The van der Waals surface area contributed by atoms with Gasteiger partial charge >= 0.3 is 0 Å². The first-order chi connectivity index (χ1) is 9.48. The first-order valence-corrected chi connectivity index (χ1v) is 7.87. The quantitative estimate of drug-likeness (QED) is 0.739. The topological polar surface area (TPSA) is 30.7 Å². The van der Waals surface area contributed by atoms with E-state index in [0.717, 1.165) is 11.3 Å². The number of hydrogen-bond donors (Lipinski definition) is 0. The minimum absolute atomic E-state index is 0.0764. The number of nitrogens with zero attached hydrogens (tertiary/aromatic N) is 3. The molecule has 2 heterocycles. The van der Waals surface area contributed by atoms with Crippen LogP contribution in [0.1, 0.15) is 63.7 Å². The van der Waals surface area contributed by atoms with Crippen molar-refractivity contribution in [3.63, 3.8) is 0 Å². The van der Waals surface area contributed by atoms with Crippen LogP contribution in [0.5, 0.6) is 0 Å². The number of imidazole rings is 1. The Hall–Kier alpha value is -1.09. The van der Waals surface area contributed by atoms with Gasteiger partial charge in [0, 0.05) is 12.2 Å². The Morgan fingerprint density at radius 1 is 1.45 bits per heavy atom. The molecule has 0 aromatic carbocycles. The van der Waals surface area contributed by atoms with E-state index in [2.05, 4.69) is 29.5 Å². The lowest BCUT2D eigenvalue weighted by atomic mass is 9.75. The Morgan fingerprint density at radius 2 is 2.25 bits per heavy atom. The molecular weight excluding hydrogens is 270 g/mol. The molecule has 1 saturated carbocycles. The molecule has 3 nitrogen and oxygen atoms in total. The van der Waals surface area contributed by atoms with Crippen LogP contribution in [0.4, 0.5) is 0 Å². The van der Waals surface area contributed by atoms with Gasteiger partial charge in [0.2, 0.25) is 0 Å². The Kier molecular flexibility index (Phi) is 3.49. The standard InChI is InChI=1S/C16H22ClN3/c1-11(17)15-19-13-10-18-8-6-14(13)20(15)12-5-4-7-16(2,3)9-12/h6,8,10-12H,4-5,7,9H2,1-3H3. The highest BCUT2D eigenvalue weighted by Crippen LogP contribution is 2.43. The van der Waals surface area contributed by atoms with Crippen molar-refractivity contribution in [3.8, 4) is 0 Å². The molecule has 4 heteroatoms. The summed E-state index contributed by atoms with van der Waals surface area (Å²) < 4.78 is 2.37. The minimum atomic E-state index is -0.0764. The molecule has 0 spiro atoms. The SMILES string of the molecule is CC(Cl)c1nc2cnccc2n1C1CCCC(C)(C)C1. The number of fused-ring (bicyclic) bond motifs is 1. The van der Waals surface area contributed by atoms with Gasteiger partial charge in [-0.25, -0.2) is 4.98 Å². The van der Waals surface area contributed by atoms with E-state index in [9.17, 15) is 0 Å². The molecule has 1 aliphatic carbocycles. The van der Waals surface area contributed by atoms with Crippen molar-refractivity contribution in [2.75, 3.05) is 0 Å². The van der Waals surface area contributed by atoms with Gasteiger partial charge in [-0.15, -0.1) is 11.6 Å². The maximum Gasteiger partial charge on any atom is 0.128 e. The van der Waals surface area contributed by atoms with Crippen molar-refractivity contribution in [3.05, 3.63) is 24.3 Å². The van der Waals surface area contributed by atoms with Crippen molar-refractivity contribution in [1.29, 1.82) is 0 Å². The van der Waals surface area contributed by atoms with E-state index < -0.39 is 0 Å². The summed E-state index contributed by atoms with van der Waals surface area (Å²) in [6.45, 7) is 6.73. The Morgan fingerprint density at radius 3 is 2.95 bits per heavy atom. The molecule has 20 heavy (non-hydrogen) atoms. The van der Waals surface area contributed by atoms with Crippen LogP contribution in [0, 0.1) is 5.41 Å². The highest BCUT2D eigenvalue weighted by atomic mass is 35.5. The van der Waals surface area contributed by atoms with Crippen LogP contribution < -0.4 is 0 Å². The third-order valence-electron chi connectivity index (χ3n) is 4.42. The lowest BCUT2D eigenvalue weighted by Crippen LogP contribution is -2.26. The Balaban J connectivity index is 2.11. The Labute approximate surface area is 125 Å². The zero-order valence-electron chi connectivity index (χ0n) is 12.4. The second-order valence-electron chi connectivity index (χ2n) is 6.73. The minimum Gasteiger partial charge on any atom is -0.324 e. The fourth-order valence-corrected chi connectivity index (χ4v) is 3.67. The molecule has 1 fully saturated rings. The smallest absolute Gasteiger partial charge is 0.128 e. The molecule has 0 amide bonds. The van der Waals surface area contributed by atoms with E-state index in [4.69, 9.17) is 16.6 Å². The van der Waals surface area contributed by atoms with E-state index in [1.807, 2.05) is 19.3 Å². The lowest BCUT2D eigenvalue weighted by molar-refractivity contribution is 0.183. The molecule has 108 valence electrons. The normalized spacial score (nSPS) is 23.9. The van der Waals surface area contributed by atoms with Gasteiger partial charge in [-0.2, -0.15) is 0 Å². The molecule has 0 N–H and O–H groups in total. The number of pyridine rings is 1. The highest BCUT2D eigenvalue weighted by molar-refractivity contribution is 6.20. The van der Waals surface area contributed by atoms with Crippen LogP contribution in [0.2, 0.25) is 0 Å². The molecule has 1 aliphatic rings. The molecule has 0 bridgehead atoms. The van der Waals surface area contributed by atoms with Crippen molar-refractivity contribution >= 4 is 22.6 Å². The molecule has 3 rings (SSSR count). The van der Waals surface area contributed by atoms with Crippen LogP contribution in [-0.4, -0.2) is 14.5 Å². The average Bonchev–Trinajstić information content (AvgIpc) is 2.77. The second-order valence-corrected chi connectivity index (χ2v) is 7.39. The maximum absolute atomic E-state index is 6.37. The second kappa shape index (κ2) is 5.03. The molecule has 0 aliphatic heterocycles. The van der Waals surface area contributed by atoms with Gasteiger partial charge in [0.25, 0.3) is 0 Å². The fraction of sp³-hybridized carbons (Fsp3) is 0.625. The number of rotatable bonds is 2. The van der Waals surface area contributed by atoms with Gasteiger partial charge in [-0.1, -0.05) is 20.3 Å². The summed E-state index contributed by atoms with van der Waals surface area (Å²) in [6.07, 6.45) is 8.67. The molecule has 0 radical (unpaired) electrons. The van der Waals surface area contributed by atoms with Gasteiger partial charge < -0.3 is 4.57 Å². The molecule has 2 aromatic heterocycles. The van der Waals surface area contributed by atoms with E-state index in [1.54, 1.807) is 0 Å². The number of alkyl halides is 1. The van der Waals surface area contributed by atoms with E-state index in [-0.39, 0.29) is 5.38 Å². The first-order valence-electron chi connectivity index (χ1n) is 7.44. The van der Waals surface area contributed by atoms with Crippen molar-refractivity contribution < 1.29 is 0 Å². The van der Waals surface area contributed by atoms with Crippen LogP contribution >= 0.6 is 11.6 Å². The predicted octanol–water partition coefficient (Wildman–Crippen LogP) is 4.87. The number of hydrogen-bond acceptors (Lipinski definition) is 2. The highest BCUT2D eigenvalue weighted by Gasteiger charge is 2.31. The first kappa shape index (κ1) is 13.9. The van der Waals surface area contributed by atoms with Gasteiger partial charge in [0.15, 0.2) is 0 Å². The van der Waals surface area contributed by atoms with Crippen LogP contribution in [-0.2, 0) is 0 Å². The molecule has 2 aromatic rings. The van der Waals surface area contributed by atoms with Crippen LogP contribution in [0.3, 0.4) is 0 Å². The summed E-state index contributed by atoms with van der Waals surface area (Å²) >= 11 is 6.37. The fourth-order valence-electron chi connectivity index (χ4n) is 3.51. The molecular formula is C16H22ClN3. The van der Waals surface area contributed by atoms with E-state index >= 15 is 0 Å². The summed E-state index contributed by atoms with van der Waals surface area (Å²) in [5, 5.41) is -0.0764. The van der Waals surface area contributed by atoms with E-state index in [0.29, 0.717) is 11.5 Å². The van der Waals surface area contributed by atoms with Crippen molar-refractivity contribution in [2.45, 2.75) is 57.9 Å². The zero-order chi connectivity index (χ0) is 14.3. The maximum atomic E-state index is 6.37. The Bertz CT molecular complexity index is 615. The van der Waals surface area contributed by atoms with Crippen LogP contribution in [0.15, 0.2) is 18.5 Å². The molecule has 0 saturated heterocycles.